The molecule has 0 bridgehead atoms. The van der Waals surface area contributed by atoms with Crippen LogP contribution in [0.15, 0.2) is 58.4 Å². The van der Waals surface area contributed by atoms with Crippen molar-refractivity contribution in [1.29, 1.82) is 0 Å². The topological polar surface area (TPSA) is 73.8 Å². The summed E-state index contributed by atoms with van der Waals surface area (Å²) in [6.45, 7) is 4.72. The van der Waals surface area contributed by atoms with Gasteiger partial charge >= 0.3 is 0 Å². The number of nitrogens with zero attached hydrogens (tertiary/aromatic N) is 2. The Morgan fingerprint density at radius 3 is 2.43 bits per heavy atom. The quantitative estimate of drug-likeness (QED) is 0.520. The van der Waals surface area contributed by atoms with Gasteiger partial charge in [-0.05, 0) is 55.2 Å². The van der Waals surface area contributed by atoms with Crippen LogP contribution in [0.3, 0.4) is 0 Å². The number of benzene rings is 2. The zero-order valence-electron chi connectivity index (χ0n) is 17.3. The van der Waals surface area contributed by atoms with Crippen molar-refractivity contribution in [2.75, 3.05) is 19.6 Å². The standard InChI is InChI=1S/C22H29FN4O2S/c1-2-24-22(26-17-19-7-6-8-20(23)15-19)25-16-18-9-11-21(12-10-18)30(28,29)27-13-4-3-5-14-27/h6-12,15H,2-5,13-14,16-17H2,1H3,(H2,24,25,26). The molecule has 6 nitrogen and oxygen atoms in total. The molecule has 162 valence electrons. The molecule has 0 atom stereocenters. The molecule has 30 heavy (non-hydrogen) atoms. The number of nitrogens with one attached hydrogen (secondary N) is 2. The molecule has 1 aliphatic rings. The third kappa shape index (κ3) is 6.03. The molecule has 0 radical (unpaired) electrons. The van der Waals surface area contributed by atoms with E-state index in [9.17, 15) is 12.8 Å². The zero-order valence-corrected chi connectivity index (χ0v) is 18.1. The molecule has 2 N–H and O–H groups in total. The molecule has 1 heterocycles. The lowest BCUT2D eigenvalue weighted by atomic mass is 10.2. The number of hydrogen-bond acceptors (Lipinski definition) is 3. The molecule has 0 aromatic heterocycles. The maximum absolute atomic E-state index is 13.3. The van der Waals surface area contributed by atoms with E-state index in [0.29, 0.717) is 43.6 Å². The SMILES string of the molecule is CCNC(=NCc1cccc(F)c1)NCc1ccc(S(=O)(=O)N2CCCCC2)cc1. The second-order valence-corrected chi connectivity index (χ2v) is 9.23. The molecule has 1 fully saturated rings. The Morgan fingerprint density at radius 1 is 1.03 bits per heavy atom. The maximum Gasteiger partial charge on any atom is 0.243 e. The molecular formula is C22H29FN4O2S. The van der Waals surface area contributed by atoms with Crippen LogP contribution in [0, 0.1) is 5.82 Å². The highest BCUT2D eigenvalue weighted by Gasteiger charge is 2.25. The van der Waals surface area contributed by atoms with Crippen molar-refractivity contribution >= 4 is 16.0 Å². The van der Waals surface area contributed by atoms with Gasteiger partial charge in [-0.2, -0.15) is 4.31 Å². The Balaban J connectivity index is 1.61. The van der Waals surface area contributed by atoms with Gasteiger partial charge in [0.2, 0.25) is 10.0 Å². The van der Waals surface area contributed by atoms with Crippen molar-refractivity contribution in [3.63, 3.8) is 0 Å². The Bertz CT molecular complexity index is 955. The second kappa shape index (κ2) is 10.5. The number of halogens is 1. The van der Waals surface area contributed by atoms with Crippen molar-refractivity contribution in [3.05, 3.63) is 65.5 Å². The van der Waals surface area contributed by atoms with Crippen molar-refractivity contribution in [2.24, 2.45) is 4.99 Å². The van der Waals surface area contributed by atoms with Gasteiger partial charge in [-0.15, -0.1) is 0 Å². The van der Waals surface area contributed by atoms with E-state index >= 15 is 0 Å². The highest BCUT2D eigenvalue weighted by molar-refractivity contribution is 7.89. The third-order valence-electron chi connectivity index (χ3n) is 4.99. The summed E-state index contributed by atoms with van der Waals surface area (Å²) in [5.41, 5.74) is 1.74. The minimum Gasteiger partial charge on any atom is -0.357 e. The normalized spacial score (nSPS) is 15.7. The van der Waals surface area contributed by atoms with Gasteiger partial charge in [0.1, 0.15) is 5.82 Å². The minimum atomic E-state index is -3.42. The Kier molecular flexibility index (Phi) is 7.81. The van der Waals surface area contributed by atoms with Gasteiger partial charge in [0.25, 0.3) is 0 Å². The lowest BCUT2D eigenvalue weighted by Crippen LogP contribution is -2.37. The molecule has 0 spiro atoms. The molecule has 3 rings (SSSR count). The van der Waals surface area contributed by atoms with Crippen LogP contribution in [-0.4, -0.2) is 38.3 Å². The van der Waals surface area contributed by atoms with Gasteiger partial charge in [-0.3, -0.25) is 0 Å². The van der Waals surface area contributed by atoms with Gasteiger partial charge in [0.05, 0.1) is 11.4 Å². The highest BCUT2D eigenvalue weighted by atomic mass is 32.2. The number of aliphatic imine (C=N–C) groups is 1. The molecular weight excluding hydrogens is 403 g/mol. The molecule has 1 aliphatic heterocycles. The van der Waals surface area contributed by atoms with Crippen LogP contribution < -0.4 is 10.6 Å². The van der Waals surface area contributed by atoms with E-state index in [1.54, 1.807) is 22.5 Å². The number of sulfonamides is 1. The molecule has 0 amide bonds. The first-order valence-electron chi connectivity index (χ1n) is 10.3. The average Bonchev–Trinajstić information content (AvgIpc) is 2.76. The fourth-order valence-electron chi connectivity index (χ4n) is 3.37. The summed E-state index contributed by atoms with van der Waals surface area (Å²) in [4.78, 5) is 4.82. The summed E-state index contributed by atoms with van der Waals surface area (Å²) in [7, 11) is -3.42. The van der Waals surface area contributed by atoms with Crippen molar-refractivity contribution in [2.45, 2.75) is 44.2 Å². The molecule has 2 aromatic carbocycles. The summed E-state index contributed by atoms with van der Waals surface area (Å²) in [6.07, 6.45) is 2.93. The molecule has 0 saturated carbocycles. The second-order valence-electron chi connectivity index (χ2n) is 7.29. The van der Waals surface area contributed by atoms with E-state index < -0.39 is 10.0 Å². The van der Waals surface area contributed by atoms with Crippen molar-refractivity contribution in [1.82, 2.24) is 14.9 Å². The summed E-state index contributed by atoms with van der Waals surface area (Å²) in [5, 5.41) is 6.39. The monoisotopic (exact) mass is 432 g/mol. The Hall–Kier alpha value is -2.45. The lowest BCUT2D eigenvalue weighted by Gasteiger charge is -2.25. The number of rotatable bonds is 7. The van der Waals surface area contributed by atoms with Crippen LogP contribution in [-0.2, 0) is 23.1 Å². The van der Waals surface area contributed by atoms with Gasteiger partial charge in [0.15, 0.2) is 5.96 Å². The predicted octanol–water partition coefficient (Wildman–Crippen LogP) is 3.26. The fraction of sp³-hybridized carbons (Fsp3) is 0.409. The van der Waals surface area contributed by atoms with Crippen LogP contribution in [0.1, 0.15) is 37.3 Å². The van der Waals surface area contributed by atoms with Crippen molar-refractivity contribution in [3.8, 4) is 0 Å². The summed E-state index contributed by atoms with van der Waals surface area (Å²) in [6, 6.07) is 13.3. The van der Waals surface area contributed by atoms with Crippen LogP contribution in [0.25, 0.3) is 0 Å². The maximum atomic E-state index is 13.3. The molecule has 8 heteroatoms. The van der Waals surface area contributed by atoms with E-state index in [0.717, 1.165) is 30.4 Å². The number of guanidine groups is 1. The number of piperidine rings is 1. The number of hydrogen-bond donors (Lipinski definition) is 2. The molecule has 0 unspecified atom stereocenters. The van der Waals surface area contributed by atoms with Gasteiger partial charge in [0, 0.05) is 26.2 Å². The smallest absolute Gasteiger partial charge is 0.243 e. The van der Waals surface area contributed by atoms with E-state index in [1.807, 2.05) is 25.1 Å². The summed E-state index contributed by atoms with van der Waals surface area (Å²) >= 11 is 0. The van der Waals surface area contributed by atoms with E-state index in [2.05, 4.69) is 15.6 Å². The van der Waals surface area contributed by atoms with Gasteiger partial charge in [-0.1, -0.05) is 30.7 Å². The Labute approximate surface area is 178 Å². The first-order chi connectivity index (χ1) is 14.5. The van der Waals surface area contributed by atoms with Crippen molar-refractivity contribution < 1.29 is 12.8 Å². The first kappa shape index (κ1) is 22.2. The fourth-order valence-corrected chi connectivity index (χ4v) is 4.88. The predicted molar refractivity (Wildman–Crippen MR) is 117 cm³/mol. The first-order valence-corrected chi connectivity index (χ1v) is 11.8. The van der Waals surface area contributed by atoms with Crippen LogP contribution in [0.2, 0.25) is 0 Å². The largest absolute Gasteiger partial charge is 0.357 e. The third-order valence-corrected chi connectivity index (χ3v) is 6.90. The van der Waals surface area contributed by atoms with E-state index in [-0.39, 0.29) is 5.82 Å². The lowest BCUT2D eigenvalue weighted by molar-refractivity contribution is 0.346. The van der Waals surface area contributed by atoms with E-state index in [4.69, 9.17) is 0 Å². The zero-order chi connectivity index (χ0) is 21.4. The van der Waals surface area contributed by atoms with Gasteiger partial charge in [-0.25, -0.2) is 17.8 Å². The average molecular weight is 433 g/mol. The van der Waals surface area contributed by atoms with E-state index in [1.165, 1.54) is 12.1 Å². The van der Waals surface area contributed by atoms with Gasteiger partial charge < -0.3 is 10.6 Å². The highest BCUT2D eigenvalue weighted by Crippen LogP contribution is 2.20. The molecule has 1 saturated heterocycles. The van der Waals surface area contributed by atoms with Crippen LogP contribution in [0.5, 0.6) is 0 Å². The summed E-state index contributed by atoms with van der Waals surface area (Å²) in [5.74, 6) is 0.340. The molecule has 2 aromatic rings. The van der Waals surface area contributed by atoms with Crippen LogP contribution >= 0.6 is 0 Å². The minimum absolute atomic E-state index is 0.278. The Morgan fingerprint density at radius 2 is 1.77 bits per heavy atom. The molecule has 0 aliphatic carbocycles. The van der Waals surface area contributed by atoms with Crippen LogP contribution in [0.4, 0.5) is 4.39 Å². The summed E-state index contributed by atoms with van der Waals surface area (Å²) < 4.78 is 40.4.